The van der Waals surface area contributed by atoms with Crippen LogP contribution in [0.25, 0.3) is 0 Å². The molecule has 1 N–H and O–H groups in total. The number of hydrogen-bond donors (Lipinski definition) is 1. The number of piperazine rings is 1. The lowest BCUT2D eigenvalue weighted by atomic mass is 9.94. The molecule has 5 nitrogen and oxygen atoms in total. The van der Waals surface area contributed by atoms with Crippen molar-refractivity contribution in [3.8, 4) is 0 Å². The predicted octanol–water partition coefficient (Wildman–Crippen LogP) is 3.50. The fourth-order valence-corrected chi connectivity index (χ4v) is 5.04. The maximum absolute atomic E-state index is 13.5. The first-order chi connectivity index (χ1) is 15.6. The zero-order chi connectivity index (χ0) is 22.3. The van der Waals surface area contributed by atoms with Gasteiger partial charge >= 0.3 is 0 Å². The van der Waals surface area contributed by atoms with Crippen molar-refractivity contribution in [3.05, 3.63) is 71.5 Å². The minimum absolute atomic E-state index is 0.109. The van der Waals surface area contributed by atoms with E-state index in [2.05, 4.69) is 22.3 Å². The van der Waals surface area contributed by atoms with Gasteiger partial charge in [-0.1, -0.05) is 49.2 Å². The van der Waals surface area contributed by atoms with Crippen molar-refractivity contribution in [2.45, 2.75) is 38.1 Å². The van der Waals surface area contributed by atoms with Crippen molar-refractivity contribution < 1.29 is 14.0 Å². The molecule has 2 aromatic rings. The first kappa shape index (κ1) is 22.5. The number of hydrogen-bond acceptors (Lipinski definition) is 3. The number of rotatable bonds is 7. The molecule has 0 spiro atoms. The fraction of sp³-hybridized carbons (Fsp3) is 0.462. The summed E-state index contributed by atoms with van der Waals surface area (Å²) in [5, 5.41) is 3.17. The molecule has 1 aliphatic heterocycles. The van der Waals surface area contributed by atoms with E-state index in [1.165, 1.54) is 30.5 Å². The highest BCUT2D eigenvalue weighted by Crippen LogP contribution is 2.31. The maximum atomic E-state index is 13.5. The highest BCUT2D eigenvalue weighted by atomic mass is 19.1. The van der Waals surface area contributed by atoms with Gasteiger partial charge in [-0.2, -0.15) is 0 Å². The van der Waals surface area contributed by atoms with E-state index in [9.17, 15) is 14.0 Å². The van der Waals surface area contributed by atoms with Crippen LogP contribution < -0.4 is 5.32 Å². The monoisotopic (exact) mass is 437 g/mol. The third-order valence-corrected chi connectivity index (χ3v) is 6.74. The average Bonchev–Trinajstić information content (AvgIpc) is 3.34. The van der Waals surface area contributed by atoms with Crippen molar-refractivity contribution in [2.75, 3.05) is 32.7 Å². The first-order valence-corrected chi connectivity index (χ1v) is 11.7. The van der Waals surface area contributed by atoms with Gasteiger partial charge in [-0.25, -0.2) is 4.39 Å². The highest BCUT2D eigenvalue weighted by molar-refractivity contribution is 5.94. The van der Waals surface area contributed by atoms with Gasteiger partial charge in [0.15, 0.2) is 0 Å². The summed E-state index contributed by atoms with van der Waals surface area (Å²) in [6.07, 6.45) is 5.34. The van der Waals surface area contributed by atoms with Crippen molar-refractivity contribution in [1.82, 2.24) is 15.1 Å². The van der Waals surface area contributed by atoms with Gasteiger partial charge in [-0.3, -0.25) is 14.5 Å². The molecule has 1 saturated heterocycles. The Bertz CT molecular complexity index is 906. The van der Waals surface area contributed by atoms with Crippen LogP contribution in [0.3, 0.4) is 0 Å². The molecule has 32 heavy (non-hydrogen) atoms. The van der Waals surface area contributed by atoms with E-state index in [-0.39, 0.29) is 17.9 Å². The standard InChI is InChI=1S/C26H32FN3O2/c27-23-12-6-11-22(19-23)26(32)30-17-15-29(16-18-30)24(21-9-4-5-10-21)25(31)28-14-13-20-7-2-1-3-8-20/h1-3,6-8,11-12,19,21,24H,4-5,9-10,13-18H2,(H,28,31). The Hall–Kier alpha value is -2.73. The SMILES string of the molecule is O=C(NCCc1ccccc1)C(C1CCCC1)N1CCN(C(=O)c2cccc(F)c2)CC1. The number of nitrogens with zero attached hydrogens (tertiary/aromatic N) is 2. The molecule has 6 heteroatoms. The summed E-state index contributed by atoms with van der Waals surface area (Å²) in [4.78, 5) is 30.0. The smallest absolute Gasteiger partial charge is 0.254 e. The number of halogens is 1. The van der Waals surface area contributed by atoms with Gasteiger partial charge in [0.25, 0.3) is 5.91 Å². The number of nitrogens with one attached hydrogen (secondary N) is 1. The minimum atomic E-state index is -0.400. The summed E-state index contributed by atoms with van der Waals surface area (Å²) in [6, 6.07) is 15.9. The van der Waals surface area contributed by atoms with Crippen LogP contribution in [0.15, 0.2) is 54.6 Å². The van der Waals surface area contributed by atoms with E-state index in [0.29, 0.717) is 44.2 Å². The van der Waals surface area contributed by atoms with Crippen molar-refractivity contribution in [1.29, 1.82) is 0 Å². The van der Waals surface area contributed by atoms with Crippen molar-refractivity contribution in [3.63, 3.8) is 0 Å². The molecule has 0 radical (unpaired) electrons. The van der Waals surface area contributed by atoms with Gasteiger partial charge in [0.2, 0.25) is 5.91 Å². The van der Waals surface area contributed by atoms with E-state index >= 15 is 0 Å². The number of carbonyl (C=O) groups excluding carboxylic acids is 2. The van der Waals surface area contributed by atoms with Gasteiger partial charge < -0.3 is 10.2 Å². The van der Waals surface area contributed by atoms with Crippen molar-refractivity contribution in [2.24, 2.45) is 5.92 Å². The molecule has 1 atom stereocenters. The van der Waals surface area contributed by atoms with E-state index in [1.807, 2.05) is 18.2 Å². The van der Waals surface area contributed by atoms with Crippen LogP contribution in [0.5, 0.6) is 0 Å². The summed E-state index contributed by atoms with van der Waals surface area (Å²) in [5.41, 5.74) is 1.60. The molecule has 1 heterocycles. The number of benzene rings is 2. The lowest BCUT2D eigenvalue weighted by Gasteiger charge is -2.40. The molecule has 4 rings (SSSR count). The Labute approximate surface area is 189 Å². The number of carbonyl (C=O) groups is 2. The molecular formula is C26H32FN3O2. The van der Waals surface area contributed by atoms with Crippen molar-refractivity contribution >= 4 is 11.8 Å². The minimum Gasteiger partial charge on any atom is -0.354 e. The van der Waals surface area contributed by atoms with Gasteiger partial charge in [-0.05, 0) is 48.9 Å². The first-order valence-electron chi connectivity index (χ1n) is 11.7. The van der Waals surface area contributed by atoms with Crippen LogP contribution >= 0.6 is 0 Å². The lowest BCUT2D eigenvalue weighted by molar-refractivity contribution is -0.129. The summed E-state index contributed by atoms with van der Waals surface area (Å²) in [6.45, 7) is 3.05. The molecule has 1 saturated carbocycles. The Morgan fingerprint density at radius 1 is 0.969 bits per heavy atom. The summed E-state index contributed by atoms with van der Waals surface area (Å²) < 4.78 is 13.5. The van der Waals surface area contributed by atoms with Gasteiger partial charge in [0, 0.05) is 38.3 Å². The fourth-order valence-electron chi connectivity index (χ4n) is 5.04. The summed E-state index contributed by atoms with van der Waals surface area (Å²) in [7, 11) is 0. The van der Waals surface area contributed by atoms with E-state index < -0.39 is 5.82 Å². The summed E-state index contributed by atoms with van der Waals surface area (Å²) >= 11 is 0. The third-order valence-electron chi connectivity index (χ3n) is 6.74. The lowest BCUT2D eigenvalue weighted by Crippen LogP contribution is -2.58. The average molecular weight is 438 g/mol. The molecule has 2 aromatic carbocycles. The Morgan fingerprint density at radius 2 is 1.69 bits per heavy atom. The second kappa shape index (κ2) is 10.7. The molecule has 0 aromatic heterocycles. The van der Waals surface area contributed by atoms with E-state index in [4.69, 9.17) is 0 Å². The second-order valence-electron chi connectivity index (χ2n) is 8.85. The predicted molar refractivity (Wildman–Crippen MR) is 123 cm³/mol. The van der Waals surface area contributed by atoms with E-state index in [0.717, 1.165) is 19.3 Å². The Kier molecular flexibility index (Phi) is 7.53. The molecule has 1 aliphatic carbocycles. The van der Waals surface area contributed by atoms with Gasteiger partial charge in [0.05, 0.1) is 6.04 Å². The molecule has 170 valence electrons. The largest absolute Gasteiger partial charge is 0.354 e. The molecule has 0 bridgehead atoms. The van der Waals surface area contributed by atoms with Crippen LogP contribution in [0.1, 0.15) is 41.6 Å². The van der Waals surface area contributed by atoms with Crippen LogP contribution in [0.4, 0.5) is 4.39 Å². The topological polar surface area (TPSA) is 52.7 Å². The number of amides is 2. The second-order valence-corrected chi connectivity index (χ2v) is 8.85. The van der Waals surface area contributed by atoms with Crippen LogP contribution in [-0.2, 0) is 11.2 Å². The van der Waals surface area contributed by atoms with Crippen LogP contribution in [0, 0.1) is 11.7 Å². The Morgan fingerprint density at radius 3 is 2.38 bits per heavy atom. The molecule has 1 unspecified atom stereocenters. The highest BCUT2D eigenvalue weighted by Gasteiger charge is 2.37. The third kappa shape index (κ3) is 5.54. The maximum Gasteiger partial charge on any atom is 0.254 e. The molecule has 2 amide bonds. The molecular weight excluding hydrogens is 405 g/mol. The van der Waals surface area contributed by atoms with Gasteiger partial charge in [-0.15, -0.1) is 0 Å². The zero-order valence-corrected chi connectivity index (χ0v) is 18.5. The molecule has 2 aliphatic rings. The normalized spacial score (nSPS) is 18.5. The quantitative estimate of drug-likeness (QED) is 0.721. The van der Waals surface area contributed by atoms with Crippen LogP contribution in [-0.4, -0.2) is 60.4 Å². The van der Waals surface area contributed by atoms with Crippen LogP contribution in [0.2, 0.25) is 0 Å². The summed E-state index contributed by atoms with van der Waals surface area (Å²) in [5.74, 6) is -0.0632. The Balaban J connectivity index is 1.35. The van der Waals surface area contributed by atoms with Gasteiger partial charge in [0.1, 0.15) is 5.82 Å². The van der Waals surface area contributed by atoms with E-state index in [1.54, 1.807) is 17.0 Å². The zero-order valence-electron chi connectivity index (χ0n) is 18.5. The molecule has 2 fully saturated rings.